The Morgan fingerprint density at radius 3 is 2.43 bits per heavy atom. The second kappa shape index (κ2) is 10.6. The van der Waals surface area contributed by atoms with Gasteiger partial charge >= 0.3 is 5.97 Å². The lowest BCUT2D eigenvalue weighted by Gasteiger charge is -2.23. The lowest BCUT2D eigenvalue weighted by atomic mass is 10.0. The first-order valence-corrected chi connectivity index (χ1v) is 9.98. The Balaban J connectivity index is 1.66. The molecule has 1 heterocycles. The smallest absolute Gasteiger partial charge is 0.317 e. The zero-order chi connectivity index (χ0) is 21.3. The highest BCUT2D eigenvalue weighted by Gasteiger charge is 2.14. The monoisotopic (exact) mass is 425 g/mol. The minimum Gasteiger partial charge on any atom is -0.480 e. The molecule has 6 nitrogen and oxygen atoms in total. The number of nitrogens with one attached hydrogen (secondary N) is 1. The van der Waals surface area contributed by atoms with Crippen LogP contribution < -0.4 is 10.1 Å². The number of carboxylic acid groups (broad SMARTS) is 1. The van der Waals surface area contributed by atoms with Gasteiger partial charge < -0.3 is 15.2 Å². The first-order valence-electron chi connectivity index (χ1n) is 9.61. The van der Waals surface area contributed by atoms with Crippen LogP contribution in [0.3, 0.4) is 0 Å². The maximum absolute atomic E-state index is 10.9. The van der Waals surface area contributed by atoms with Gasteiger partial charge in [0, 0.05) is 11.6 Å². The van der Waals surface area contributed by atoms with Crippen LogP contribution >= 0.6 is 11.6 Å². The van der Waals surface area contributed by atoms with Crippen molar-refractivity contribution >= 4 is 23.4 Å². The number of halogens is 1. The Hall–Kier alpha value is -3.09. The van der Waals surface area contributed by atoms with E-state index in [1.54, 1.807) is 42.4 Å². The molecule has 3 rings (SSSR count). The van der Waals surface area contributed by atoms with Crippen LogP contribution in [-0.4, -0.2) is 41.1 Å². The molecule has 30 heavy (non-hydrogen) atoms. The van der Waals surface area contributed by atoms with Crippen LogP contribution in [0.4, 0.5) is 5.82 Å². The Kier molecular flexibility index (Phi) is 7.65. The minimum atomic E-state index is -0.834. The van der Waals surface area contributed by atoms with Gasteiger partial charge in [0.15, 0.2) is 0 Å². The average Bonchev–Trinajstić information content (AvgIpc) is 2.74. The van der Waals surface area contributed by atoms with Gasteiger partial charge in [-0.1, -0.05) is 41.9 Å². The van der Waals surface area contributed by atoms with Crippen molar-refractivity contribution in [2.24, 2.45) is 0 Å². The second-order valence-electron chi connectivity index (χ2n) is 6.96. The Morgan fingerprint density at radius 1 is 1.10 bits per heavy atom. The lowest BCUT2D eigenvalue weighted by Crippen LogP contribution is -2.28. The molecule has 0 aliphatic carbocycles. The number of rotatable bonds is 10. The number of benzene rings is 2. The SMILES string of the molecule is CN(CCC(Nc1ccc(Oc2ccc(Cl)cc2)cn1)c1ccccc1)CC(=O)O. The highest BCUT2D eigenvalue weighted by atomic mass is 35.5. The van der Waals surface area contributed by atoms with Crippen molar-refractivity contribution in [1.29, 1.82) is 0 Å². The fourth-order valence-electron chi connectivity index (χ4n) is 3.01. The standard InChI is InChI=1S/C23H24ClN3O3/c1-27(16-23(28)29)14-13-21(17-5-3-2-4-6-17)26-22-12-11-20(15-25-22)30-19-9-7-18(24)8-10-19/h2-12,15,21H,13-14,16H2,1H3,(H,25,26)(H,28,29). The molecule has 0 saturated heterocycles. The molecule has 0 spiro atoms. The summed E-state index contributed by atoms with van der Waals surface area (Å²) < 4.78 is 5.78. The third kappa shape index (κ3) is 6.76. The summed E-state index contributed by atoms with van der Waals surface area (Å²) in [7, 11) is 1.80. The van der Waals surface area contributed by atoms with Crippen molar-refractivity contribution in [3.63, 3.8) is 0 Å². The van der Waals surface area contributed by atoms with Crippen LogP contribution in [0.1, 0.15) is 18.0 Å². The van der Waals surface area contributed by atoms with Crippen molar-refractivity contribution in [2.75, 3.05) is 25.5 Å². The molecule has 1 atom stereocenters. The number of likely N-dealkylation sites (N-methyl/N-ethyl adjacent to an activating group) is 1. The molecular weight excluding hydrogens is 402 g/mol. The van der Waals surface area contributed by atoms with E-state index in [-0.39, 0.29) is 12.6 Å². The van der Waals surface area contributed by atoms with Crippen LogP contribution in [0.25, 0.3) is 0 Å². The molecule has 156 valence electrons. The second-order valence-corrected chi connectivity index (χ2v) is 7.40. The largest absolute Gasteiger partial charge is 0.480 e. The quantitative estimate of drug-likeness (QED) is 0.471. The van der Waals surface area contributed by atoms with E-state index in [2.05, 4.69) is 10.3 Å². The summed E-state index contributed by atoms with van der Waals surface area (Å²) in [5, 5.41) is 13.1. The van der Waals surface area contributed by atoms with Gasteiger partial charge in [-0.15, -0.1) is 0 Å². The maximum Gasteiger partial charge on any atom is 0.317 e. The summed E-state index contributed by atoms with van der Waals surface area (Å²) in [5.41, 5.74) is 1.12. The van der Waals surface area contributed by atoms with E-state index in [1.165, 1.54) is 0 Å². The van der Waals surface area contributed by atoms with E-state index >= 15 is 0 Å². The zero-order valence-corrected chi connectivity index (χ0v) is 17.4. The van der Waals surface area contributed by atoms with Crippen molar-refractivity contribution in [1.82, 2.24) is 9.88 Å². The molecule has 0 aliphatic heterocycles. The number of hydrogen-bond donors (Lipinski definition) is 2. The number of ether oxygens (including phenoxy) is 1. The molecule has 1 aromatic heterocycles. The van der Waals surface area contributed by atoms with Gasteiger partial charge in [0.25, 0.3) is 0 Å². The Bertz CT molecular complexity index is 934. The topological polar surface area (TPSA) is 74.7 Å². The zero-order valence-electron chi connectivity index (χ0n) is 16.7. The number of anilines is 1. The Labute approximate surface area is 181 Å². The van der Waals surface area contributed by atoms with E-state index < -0.39 is 5.97 Å². The molecular formula is C23H24ClN3O3. The fraction of sp³-hybridized carbons (Fsp3) is 0.217. The first-order chi connectivity index (χ1) is 14.5. The number of carbonyl (C=O) groups is 1. The minimum absolute atomic E-state index is 0.00187. The van der Waals surface area contributed by atoms with Crippen molar-refractivity contribution in [3.8, 4) is 11.5 Å². The van der Waals surface area contributed by atoms with Gasteiger partial charge in [0.1, 0.15) is 17.3 Å². The summed E-state index contributed by atoms with van der Waals surface area (Å²) in [5.74, 6) is 1.19. The van der Waals surface area contributed by atoms with Crippen molar-refractivity contribution in [3.05, 3.63) is 83.5 Å². The normalized spacial score (nSPS) is 11.8. The van der Waals surface area contributed by atoms with E-state index in [9.17, 15) is 4.79 Å². The third-order valence-corrected chi connectivity index (χ3v) is 4.77. The fourth-order valence-corrected chi connectivity index (χ4v) is 3.14. The van der Waals surface area contributed by atoms with E-state index in [0.29, 0.717) is 28.9 Å². The van der Waals surface area contributed by atoms with E-state index in [4.69, 9.17) is 21.4 Å². The molecule has 0 aliphatic rings. The number of pyridine rings is 1. The molecule has 2 aromatic carbocycles. The lowest BCUT2D eigenvalue weighted by molar-refractivity contribution is -0.138. The molecule has 3 aromatic rings. The predicted molar refractivity (Wildman–Crippen MR) is 118 cm³/mol. The van der Waals surface area contributed by atoms with E-state index in [0.717, 1.165) is 12.0 Å². The van der Waals surface area contributed by atoms with Crippen molar-refractivity contribution in [2.45, 2.75) is 12.5 Å². The average molecular weight is 426 g/mol. The summed E-state index contributed by atoms with van der Waals surface area (Å²) >= 11 is 5.90. The van der Waals surface area contributed by atoms with Gasteiger partial charge in [-0.3, -0.25) is 9.69 Å². The van der Waals surface area contributed by atoms with Gasteiger partial charge in [0.2, 0.25) is 0 Å². The Morgan fingerprint density at radius 2 is 1.80 bits per heavy atom. The number of aromatic nitrogens is 1. The molecule has 0 bridgehead atoms. The highest BCUT2D eigenvalue weighted by molar-refractivity contribution is 6.30. The van der Waals surface area contributed by atoms with Gasteiger partial charge in [0.05, 0.1) is 18.8 Å². The van der Waals surface area contributed by atoms with Gasteiger partial charge in [-0.05, 0) is 55.4 Å². The summed E-state index contributed by atoms with van der Waals surface area (Å²) in [4.78, 5) is 17.2. The van der Waals surface area contributed by atoms with Crippen LogP contribution in [0, 0.1) is 0 Å². The molecule has 0 fully saturated rings. The number of aliphatic carboxylic acids is 1. The van der Waals surface area contributed by atoms with Crippen LogP contribution in [-0.2, 0) is 4.79 Å². The van der Waals surface area contributed by atoms with Gasteiger partial charge in [-0.25, -0.2) is 4.98 Å². The number of nitrogens with zero attached hydrogens (tertiary/aromatic N) is 2. The third-order valence-electron chi connectivity index (χ3n) is 4.51. The van der Waals surface area contributed by atoms with Crippen molar-refractivity contribution < 1.29 is 14.6 Å². The summed E-state index contributed by atoms with van der Waals surface area (Å²) in [6.07, 6.45) is 2.40. The number of hydrogen-bond acceptors (Lipinski definition) is 5. The predicted octanol–water partition coefficient (Wildman–Crippen LogP) is 5.09. The maximum atomic E-state index is 10.9. The number of carboxylic acids is 1. The molecule has 7 heteroatoms. The summed E-state index contributed by atoms with van der Waals surface area (Å²) in [6.45, 7) is 0.646. The molecule has 0 saturated carbocycles. The molecule has 0 amide bonds. The van der Waals surface area contributed by atoms with E-state index in [1.807, 2.05) is 42.5 Å². The van der Waals surface area contributed by atoms with Crippen LogP contribution in [0.15, 0.2) is 72.9 Å². The van der Waals surface area contributed by atoms with Crippen LogP contribution in [0.5, 0.6) is 11.5 Å². The highest BCUT2D eigenvalue weighted by Crippen LogP contribution is 2.25. The summed E-state index contributed by atoms with van der Waals surface area (Å²) in [6, 6.07) is 20.9. The van der Waals surface area contributed by atoms with Gasteiger partial charge in [-0.2, -0.15) is 0 Å². The molecule has 1 unspecified atom stereocenters. The molecule has 2 N–H and O–H groups in total. The molecule has 0 radical (unpaired) electrons. The van der Waals surface area contributed by atoms with Crippen LogP contribution in [0.2, 0.25) is 5.02 Å². The first kappa shape index (κ1) is 21.6.